The molecular formula is C11H24N2O2. The van der Waals surface area contributed by atoms with Crippen LogP contribution in [0.25, 0.3) is 0 Å². The van der Waals surface area contributed by atoms with E-state index in [9.17, 15) is 0 Å². The molecule has 1 aliphatic rings. The third-order valence-corrected chi connectivity index (χ3v) is 3.35. The predicted octanol–water partition coefficient (Wildman–Crippen LogP) is 0.0197. The highest BCUT2D eigenvalue weighted by Gasteiger charge is 2.29. The van der Waals surface area contributed by atoms with Crippen LogP contribution in [0.5, 0.6) is 0 Å². The first-order valence-electron chi connectivity index (χ1n) is 5.73. The molecule has 0 aromatic rings. The average molecular weight is 216 g/mol. The molecule has 0 amide bonds. The van der Waals surface area contributed by atoms with Crippen molar-refractivity contribution in [1.82, 2.24) is 9.80 Å². The van der Waals surface area contributed by atoms with Gasteiger partial charge in [0, 0.05) is 38.8 Å². The van der Waals surface area contributed by atoms with Crippen LogP contribution < -0.4 is 0 Å². The quantitative estimate of drug-likeness (QED) is 0.679. The van der Waals surface area contributed by atoms with Gasteiger partial charge in [-0.3, -0.25) is 4.90 Å². The summed E-state index contributed by atoms with van der Waals surface area (Å²) in [5, 5.41) is 9.03. The number of hydrogen-bond donors (Lipinski definition) is 1. The molecule has 1 heterocycles. The molecular weight excluding hydrogens is 192 g/mol. The molecule has 4 nitrogen and oxygen atoms in total. The Hall–Kier alpha value is -0.160. The van der Waals surface area contributed by atoms with Crippen LogP contribution in [0.2, 0.25) is 0 Å². The smallest absolute Gasteiger partial charge is 0.0589 e. The van der Waals surface area contributed by atoms with E-state index in [2.05, 4.69) is 23.8 Å². The van der Waals surface area contributed by atoms with E-state index in [-0.39, 0.29) is 6.61 Å². The molecule has 0 spiro atoms. The van der Waals surface area contributed by atoms with E-state index in [1.54, 1.807) is 7.11 Å². The van der Waals surface area contributed by atoms with Crippen LogP contribution in [0.4, 0.5) is 0 Å². The summed E-state index contributed by atoms with van der Waals surface area (Å²) >= 11 is 0. The molecule has 1 aliphatic heterocycles. The van der Waals surface area contributed by atoms with Crippen molar-refractivity contribution in [3.8, 4) is 0 Å². The SMILES string of the molecule is COCCN(CCO)C1CC(C)N(C)C1. The Kier molecular flexibility index (Phi) is 5.53. The van der Waals surface area contributed by atoms with Gasteiger partial charge in [-0.1, -0.05) is 0 Å². The molecule has 1 N–H and O–H groups in total. The summed E-state index contributed by atoms with van der Waals surface area (Å²) in [6.45, 7) is 6.02. The zero-order chi connectivity index (χ0) is 11.3. The summed E-state index contributed by atoms with van der Waals surface area (Å²) in [4.78, 5) is 4.71. The molecule has 4 heteroatoms. The Bertz CT molecular complexity index is 168. The highest BCUT2D eigenvalue weighted by atomic mass is 16.5. The Morgan fingerprint density at radius 3 is 2.67 bits per heavy atom. The Labute approximate surface area is 92.8 Å². The molecule has 1 rings (SSSR count). The molecule has 15 heavy (non-hydrogen) atoms. The standard InChI is InChI=1S/C11H24N2O2/c1-10-8-11(9-12(10)2)13(4-6-14)5-7-15-3/h10-11,14H,4-9H2,1-3H3. The van der Waals surface area contributed by atoms with Crippen molar-refractivity contribution in [3.05, 3.63) is 0 Å². The molecule has 1 fully saturated rings. The maximum atomic E-state index is 9.03. The van der Waals surface area contributed by atoms with Crippen molar-refractivity contribution < 1.29 is 9.84 Å². The second-order valence-corrected chi connectivity index (χ2v) is 4.43. The highest BCUT2D eigenvalue weighted by molar-refractivity contribution is 4.86. The maximum Gasteiger partial charge on any atom is 0.0589 e. The van der Waals surface area contributed by atoms with Gasteiger partial charge in [0.25, 0.3) is 0 Å². The second-order valence-electron chi connectivity index (χ2n) is 4.43. The second kappa shape index (κ2) is 6.43. The minimum Gasteiger partial charge on any atom is -0.395 e. The molecule has 0 aromatic heterocycles. The van der Waals surface area contributed by atoms with Crippen LogP contribution in [0.3, 0.4) is 0 Å². The van der Waals surface area contributed by atoms with Crippen molar-refractivity contribution in [2.45, 2.75) is 25.4 Å². The number of aliphatic hydroxyl groups excluding tert-OH is 1. The first-order chi connectivity index (χ1) is 7.19. The van der Waals surface area contributed by atoms with Crippen LogP contribution in [-0.2, 0) is 4.74 Å². The van der Waals surface area contributed by atoms with E-state index in [0.29, 0.717) is 12.1 Å². The third-order valence-electron chi connectivity index (χ3n) is 3.35. The lowest BCUT2D eigenvalue weighted by molar-refractivity contribution is 0.103. The lowest BCUT2D eigenvalue weighted by Crippen LogP contribution is -2.40. The first kappa shape index (κ1) is 12.9. The Morgan fingerprint density at radius 2 is 2.20 bits per heavy atom. The van der Waals surface area contributed by atoms with Crippen molar-refractivity contribution in [2.24, 2.45) is 0 Å². The summed E-state index contributed by atoms with van der Waals surface area (Å²) < 4.78 is 5.09. The fraction of sp³-hybridized carbons (Fsp3) is 1.00. The zero-order valence-electron chi connectivity index (χ0n) is 10.1. The topological polar surface area (TPSA) is 35.9 Å². The number of ether oxygens (including phenoxy) is 1. The van der Waals surface area contributed by atoms with Gasteiger partial charge in [0.15, 0.2) is 0 Å². The number of likely N-dealkylation sites (N-methyl/N-ethyl adjacent to an activating group) is 1. The fourth-order valence-corrected chi connectivity index (χ4v) is 2.24. The molecule has 0 aliphatic carbocycles. The van der Waals surface area contributed by atoms with Gasteiger partial charge in [-0.2, -0.15) is 0 Å². The Morgan fingerprint density at radius 1 is 1.47 bits per heavy atom. The van der Waals surface area contributed by atoms with Crippen molar-refractivity contribution in [3.63, 3.8) is 0 Å². The highest BCUT2D eigenvalue weighted by Crippen LogP contribution is 2.19. The van der Waals surface area contributed by atoms with Gasteiger partial charge in [-0.05, 0) is 20.4 Å². The fourth-order valence-electron chi connectivity index (χ4n) is 2.24. The number of likely N-dealkylation sites (tertiary alicyclic amines) is 1. The van der Waals surface area contributed by atoms with E-state index in [1.165, 1.54) is 6.42 Å². The van der Waals surface area contributed by atoms with Crippen LogP contribution in [0.1, 0.15) is 13.3 Å². The van der Waals surface area contributed by atoms with Gasteiger partial charge in [0.05, 0.1) is 13.2 Å². The summed E-state index contributed by atoms with van der Waals surface area (Å²) in [5.74, 6) is 0. The van der Waals surface area contributed by atoms with Crippen LogP contribution in [-0.4, -0.2) is 74.0 Å². The molecule has 0 bridgehead atoms. The number of aliphatic hydroxyl groups is 1. The van der Waals surface area contributed by atoms with Crippen LogP contribution in [0, 0.1) is 0 Å². The molecule has 1 saturated heterocycles. The van der Waals surface area contributed by atoms with Gasteiger partial charge >= 0.3 is 0 Å². The van der Waals surface area contributed by atoms with E-state index in [1.807, 2.05) is 0 Å². The maximum absolute atomic E-state index is 9.03. The van der Waals surface area contributed by atoms with Gasteiger partial charge in [0.2, 0.25) is 0 Å². The number of nitrogens with zero attached hydrogens (tertiary/aromatic N) is 2. The van der Waals surface area contributed by atoms with Gasteiger partial charge < -0.3 is 14.7 Å². The number of rotatable bonds is 6. The summed E-state index contributed by atoms with van der Waals surface area (Å²) in [7, 11) is 3.89. The molecule has 0 radical (unpaired) electrons. The first-order valence-corrected chi connectivity index (χ1v) is 5.73. The van der Waals surface area contributed by atoms with E-state index >= 15 is 0 Å². The monoisotopic (exact) mass is 216 g/mol. The van der Waals surface area contributed by atoms with Crippen molar-refractivity contribution in [2.75, 3.05) is 47.0 Å². The van der Waals surface area contributed by atoms with E-state index in [4.69, 9.17) is 9.84 Å². The van der Waals surface area contributed by atoms with Crippen LogP contribution >= 0.6 is 0 Å². The normalized spacial score (nSPS) is 27.8. The largest absolute Gasteiger partial charge is 0.395 e. The number of methoxy groups -OCH3 is 1. The van der Waals surface area contributed by atoms with E-state index < -0.39 is 0 Å². The molecule has 0 saturated carbocycles. The van der Waals surface area contributed by atoms with Crippen molar-refractivity contribution in [1.29, 1.82) is 0 Å². The lowest BCUT2D eigenvalue weighted by Gasteiger charge is -2.27. The molecule has 2 unspecified atom stereocenters. The lowest BCUT2D eigenvalue weighted by atomic mass is 10.1. The molecule has 0 aromatic carbocycles. The van der Waals surface area contributed by atoms with Crippen LogP contribution in [0.15, 0.2) is 0 Å². The zero-order valence-corrected chi connectivity index (χ0v) is 10.1. The van der Waals surface area contributed by atoms with Crippen molar-refractivity contribution >= 4 is 0 Å². The van der Waals surface area contributed by atoms with Gasteiger partial charge in [0.1, 0.15) is 0 Å². The minimum absolute atomic E-state index is 0.234. The Balaban J connectivity index is 2.41. The van der Waals surface area contributed by atoms with Gasteiger partial charge in [-0.25, -0.2) is 0 Å². The summed E-state index contributed by atoms with van der Waals surface area (Å²) in [5.41, 5.74) is 0. The van der Waals surface area contributed by atoms with E-state index in [0.717, 1.165) is 26.2 Å². The number of hydrogen-bond acceptors (Lipinski definition) is 4. The summed E-state index contributed by atoms with van der Waals surface area (Å²) in [6.07, 6.45) is 1.19. The third kappa shape index (κ3) is 3.72. The molecule has 2 atom stereocenters. The average Bonchev–Trinajstić information content (AvgIpc) is 2.54. The molecule has 90 valence electrons. The predicted molar refractivity (Wildman–Crippen MR) is 61.0 cm³/mol. The minimum atomic E-state index is 0.234. The summed E-state index contributed by atoms with van der Waals surface area (Å²) in [6, 6.07) is 1.23. The van der Waals surface area contributed by atoms with Gasteiger partial charge in [-0.15, -0.1) is 0 Å².